The Labute approximate surface area is 134 Å². The Morgan fingerprint density at radius 3 is 2.81 bits per heavy atom. The van der Waals surface area contributed by atoms with Crippen molar-refractivity contribution in [3.8, 4) is 11.5 Å². The number of methoxy groups -OCH3 is 1. The Morgan fingerprint density at radius 1 is 1.38 bits per heavy atom. The molecule has 0 radical (unpaired) electrons. The van der Waals surface area contributed by atoms with Gasteiger partial charge in [-0.15, -0.1) is 0 Å². The highest BCUT2D eigenvalue weighted by atomic mass is 79.9. The van der Waals surface area contributed by atoms with Crippen LogP contribution in [0.5, 0.6) is 11.5 Å². The highest BCUT2D eigenvalue weighted by molar-refractivity contribution is 9.10. The van der Waals surface area contributed by atoms with Gasteiger partial charge in [-0.2, -0.15) is 0 Å². The van der Waals surface area contributed by atoms with Crippen molar-refractivity contribution in [2.75, 3.05) is 46.6 Å². The Kier molecular flexibility index (Phi) is 6.29. The number of benzene rings is 1. The largest absolute Gasteiger partial charge is 0.486 e. The van der Waals surface area contributed by atoms with Crippen LogP contribution in [0.1, 0.15) is 18.5 Å². The normalized spacial score (nSPS) is 15.3. The molecular formula is C15H23BrN2O3. The molecule has 2 N–H and O–H groups in total. The van der Waals surface area contributed by atoms with Gasteiger partial charge in [-0.05, 0) is 40.2 Å². The molecule has 1 aliphatic heterocycles. The Hall–Kier alpha value is -0.820. The molecule has 1 heterocycles. The maximum Gasteiger partial charge on any atom is 0.175 e. The van der Waals surface area contributed by atoms with Crippen LogP contribution in [0.15, 0.2) is 16.6 Å². The zero-order chi connectivity index (χ0) is 15.2. The van der Waals surface area contributed by atoms with Gasteiger partial charge < -0.3 is 19.9 Å². The van der Waals surface area contributed by atoms with E-state index in [4.69, 9.17) is 19.9 Å². The molecule has 0 aliphatic carbocycles. The molecule has 1 aromatic carbocycles. The van der Waals surface area contributed by atoms with Crippen LogP contribution in [0.2, 0.25) is 0 Å². The number of halogens is 1. The molecule has 2 rings (SSSR count). The summed E-state index contributed by atoms with van der Waals surface area (Å²) in [4.78, 5) is 2.31. The van der Waals surface area contributed by atoms with Gasteiger partial charge >= 0.3 is 0 Å². The average molecular weight is 359 g/mol. The van der Waals surface area contributed by atoms with E-state index in [1.807, 2.05) is 6.07 Å². The minimum Gasteiger partial charge on any atom is -0.486 e. The van der Waals surface area contributed by atoms with Crippen LogP contribution in [0.25, 0.3) is 0 Å². The second-order valence-corrected chi connectivity index (χ2v) is 5.75. The predicted molar refractivity (Wildman–Crippen MR) is 86.1 cm³/mol. The molecule has 1 atom stereocenters. The minimum absolute atomic E-state index is 0.136. The van der Waals surface area contributed by atoms with E-state index in [0.717, 1.165) is 34.6 Å². The summed E-state index contributed by atoms with van der Waals surface area (Å²) in [5, 5.41) is 0. The number of ether oxygens (including phenoxy) is 3. The quantitative estimate of drug-likeness (QED) is 0.809. The number of fused-ring (bicyclic) bond motifs is 1. The number of hydrogen-bond acceptors (Lipinski definition) is 5. The van der Waals surface area contributed by atoms with Crippen LogP contribution >= 0.6 is 15.9 Å². The summed E-state index contributed by atoms with van der Waals surface area (Å²) in [6.45, 7) is 6.29. The summed E-state index contributed by atoms with van der Waals surface area (Å²) in [5.41, 5.74) is 7.14. The van der Waals surface area contributed by atoms with E-state index in [1.165, 1.54) is 0 Å². The van der Waals surface area contributed by atoms with E-state index in [1.54, 1.807) is 7.11 Å². The smallest absolute Gasteiger partial charge is 0.175 e. The highest BCUT2D eigenvalue weighted by Crippen LogP contribution is 2.40. The molecule has 1 aliphatic rings. The summed E-state index contributed by atoms with van der Waals surface area (Å²) >= 11 is 3.57. The maximum absolute atomic E-state index is 6.01. The molecule has 118 valence electrons. The van der Waals surface area contributed by atoms with Crippen LogP contribution < -0.4 is 15.2 Å². The van der Waals surface area contributed by atoms with Gasteiger partial charge in [-0.25, -0.2) is 0 Å². The van der Waals surface area contributed by atoms with E-state index in [2.05, 4.69) is 33.8 Å². The third kappa shape index (κ3) is 3.88. The number of rotatable bonds is 7. The van der Waals surface area contributed by atoms with Gasteiger partial charge in [0.05, 0.1) is 11.1 Å². The Balaban J connectivity index is 2.26. The van der Waals surface area contributed by atoms with E-state index in [9.17, 15) is 0 Å². The average Bonchev–Trinajstić information content (AvgIpc) is 2.51. The molecule has 0 amide bonds. The number of nitrogens with zero attached hydrogens (tertiary/aromatic N) is 1. The lowest BCUT2D eigenvalue weighted by atomic mass is 10.0. The second-order valence-electron chi connectivity index (χ2n) is 4.90. The number of likely N-dealkylation sites (N-methyl/N-ethyl adjacent to an activating group) is 1. The summed E-state index contributed by atoms with van der Waals surface area (Å²) in [5.74, 6) is 1.56. The summed E-state index contributed by atoms with van der Waals surface area (Å²) in [7, 11) is 1.71. The van der Waals surface area contributed by atoms with E-state index in [0.29, 0.717) is 26.4 Å². The molecule has 5 nitrogen and oxygen atoms in total. The van der Waals surface area contributed by atoms with Crippen molar-refractivity contribution in [3.63, 3.8) is 0 Å². The summed E-state index contributed by atoms with van der Waals surface area (Å²) in [6.07, 6.45) is 0. The molecule has 0 spiro atoms. The molecule has 21 heavy (non-hydrogen) atoms. The van der Waals surface area contributed by atoms with Crippen molar-refractivity contribution >= 4 is 15.9 Å². The fraction of sp³-hybridized carbons (Fsp3) is 0.600. The molecule has 0 bridgehead atoms. The molecule has 1 unspecified atom stereocenters. The van der Waals surface area contributed by atoms with Gasteiger partial charge in [0.1, 0.15) is 13.2 Å². The van der Waals surface area contributed by atoms with E-state index < -0.39 is 0 Å². The van der Waals surface area contributed by atoms with Crippen LogP contribution in [-0.4, -0.2) is 51.5 Å². The third-order valence-electron chi connectivity index (χ3n) is 3.66. The van der Waals surface area contributed by atoms with Gasteiger partial charge in [0.2, 0.25) is 0 Å². The monoisotopic (exact) mass is 358 g/mol. The minimum atomic E-state index is 0.136. The van der Waals surface area contributed by atoms with Crippen molar-refractivity contribution < 1.29 is 14.2 Å². The fourth-order valence-corrected chi connectivity index (χ4v) is 3.14. The zero-order valence-corrected chi connectivity index (χ0v) is 14.2. The molecule has 0 aromatic heterocycles. The standard InChI is InChI=1S/C15H23BrN2O3/c1-3-18(4-5-19-2)13(10-17)11-8-12(16)15-14(9-11)20-6-7-21-15/h8-9,13H,3-7,10,17H2,1-2H3. The number of hydrogen-bond donors (Lipinski definition) is 1. The van der Waals surface area contributed by atoms with E-state index in [-0.39, 0.29) is 6.04 Å². The van der Waals surface area contributed by atoms with Gasteiger partial charge in [0, 0.05) is 26.2 Å². The summed E-state index contributed by atoms with van der Waals surface area (Å²) < 4.78 is 17.4. The Bertz CT molecular complexity index is 470. The third-order valence-corrected chi connectivity index (χ3v) is 4.25. The highest BCUT2D eigenvalue weighted by Gasteiger charge is 2.22. The van der Waals surface area contributed by atoms with Crippen molar-refractivity contribution in [3.05, 3.63) is 22.2 Å². The first kappa shape index (κ1) is 16.5. The van der Waals surface area contributed by atoms with Gasteiger partial charge in [0.25, 0.3) is 0 Å². The second kappa shape index (κ2) is 7.98. The molecule has 1 aromatic rings. The maximum atomic E-state index is 6.01. The van der Waals surface area contributed by atoms with Crippen LogP contribution in [0, 0.1) is 0 Å². The lowest BCUT2D eigenvalue weighted by Crippen LogP contribution is -2.36. The molecule has 0 fully saturated rings. The van der Waals surface area contributed by atoms with Gasteiger partial charge in [-0.1, -0.05) is 6.92 Å². The first-order valence-electron chi connectivity index (χ1n) is 7.23. The predicted octanol–water partition coefficient (Wildman–Crippen LogP) is 2.19. The van der Waals surface area contributed by atoms with Crippen molar-refractivity contribution in [1.29, 1.82) is 0 Å². The van der Waals surface area contributed by atoms with Crippen molar-refractivity contribution in [2.45, 2.75) is 13.0 Å². The SMILES string of the molecule is CCN(CCOC)C(CN)c1cc(Br)c2c(c1)OCCO2. The zero-order valence-electron chi connectivity index (χ0n) is 12.6. The van der Waals surface area contributed by atoms with Gasteiger partial charge in [0.15, 0.2) is 11.5 Å². The molecule has 0 saturated heterocycles. The fourth-order valence-electron chi connectivity index (χ4n) is 2.56. The van der Waals surface area contributed by atoms with Crippen LogP contribution in [0.4, 0.5) is 0 Å². The molecule has 0 saturated carbocycles. The van der Waals surface area contributed by atoms with Crippen molar-refractivity contribution in [2.24, 2.45) is 5.73 Å². The number of nitrogens with two attached hydrogens (primary N) is 1. The first-order chi connectivity index (χ1) is 10.2. The van der Waals surface area contributed by atoms with Crippen molar-refractivity contribution in [1.82, 2.24) is 4.90 Å². The topological polar surface area (TPSA) is 57.0 Å². The Morgan fingerprint density at radius 2 is 2.14 bits per heavy atom. The summed E-state index contributed by atoms with van der Waals surface area (Å²) in [6, 6.07) is 4.24. The first-order valence-corrected chi connectivity index (χ1v) is 8.02. The van der Waals surface area contributed by atoms with Crippen LogP contribution in [-0.2, 0) is 4.74 Å². The van der Waals surface area contributed by atoms with Gasteiger partial charge in [-0.3, -0.25) is 4.90 Å². The lowest BCUT2D eigenvalue weighted by Gasteiger charge is -2.31. The van der Waals surface area contributed by atoms with E-state index >= 15 is 0 Å². The molecular weight excluding hydrogens is 336 g/mol. The lowest BCUT2D eigenvalue weighted by molar-refractivity contribution is 0.125. The van der Waals surface area contributed by atoms with Crippen LogP contribution in [0.3, 0.4) is 0 Å². The molecule has 6 heteroatoms.